The maximum Gasteiger partial charge on any atom is 0.251 e. The Morgan fingerprint density at radius 1 is 1.33 bits per heavy atom. The Labute approximate surface area is 139 Å². The van der Waals surface area contributed by atoms with Crippen LogP contribution >= 0.6 is 0 Å². The summed E-state index contributed by atoms with van der Waals surface area (Å²) in [6.45, 7) is 2.08. The van der Waals surface area contributed by atoms with E-state index in [9.17, 15) is 14.7 Å². The topological polar surface area (TPSA) is 91.6 Å². The third-order valence-corrected chi connectivity index (χ3v) is 4.17. The van der Waals surface area contributed by atoms with Crippen LogP contribution in [0.1, 0.15) is 35.6 Å². The van der Waals surface area contributed by atoms with E-state index in [0.717, 1.165) is 6.42 Å². The van der Waals surface area contributed by atoms with Gasteiger partial charge in [-0.3, -0.25) is 9.59 Å². The van der Waals surface area contributed by atoms with Crippen molar-refractivity contribution in [1.29, 1.82) is 0 Å². The number of carbonyl (C=O) groups excluding carboxylic acids is 2. The van der Waals surface area contributed by atoms with Crippen molar-refractivity contribution in [1.82, 2.24) is 5.32 Å². The third-order valence-electron chi connectivity index (χ3n) is 4.17. The van der Waals surface area contributed by atoms with Crippen molar-refractivity contribution in [3.63, 3.8) is 0 Å². The van der Waals surface area contributed by atoms with E-state index in [1.807, 2.05) is 6.92 Å². The maximum absolute atomic E-state index is 12.2. The number of hydrogen-bond acceptors (Lipinski definition) is 4. The van der Waals surface area contributed by atoms with Crippen molar-refractivity contribution < 1.29 is 19.1 Å². The molecule has 3 rings (SSSR count). The van der Waals surface area contributed by atoms with Crippen molar-refractivity contribution in [2.75, 3.05) is 11.9 Å². The smallest absolute Gasteiger partial charge is 0.251 e. The Morgan fingerprint density at radius 2 is 2.12 bits per heavy atom. The van der Waals surface area contributed by atoms with Gasteiger partial charge >= 0.3 is 0 Å². The van der Waals surface area contributed by atoms with Gasteiger partial charge in [0.1, 0.15) is 11.9 Å². The molecule has 24 heavy (non-hydrogen) atoms. The summed E-state index contributed by atoms with van der Waals surface area (Å²) in [7, 11) is 0. The summed E-state index contributed by atoms with van der Waals surface area (Å²) in [4.78, 5) is 24.1. The van der Waals surface area contributed by atoms with Gasteiger partial charge < -0.3 is 20.2 Å². The van der Waals surface area contributed by atoms with Crippen molar-refractivity contribution in [3.8, 4) is 0 Å². The van der Waals surface area contributed by atoms with Gasteiger partial charge in [0.05, 0.1) is 12.8 Å². The largest absolute Gasteiger partial charge is 0.467 e. The first-order chi connectivity index (χ1) is 11.5. The number of carbonyl (C=O) groups is 2. The fourth-order valence-electron chi connectivity index (χ4n) is 2.53. The third kappa shape index (κ3) is 3.83. The highest BCUT2D eigenvalue weighted by atomic mass is 16.4. The van der Waals surface area contributed by atoms with Crippen LogP contribution in [0, 0.1) is 11.8 Å². The number of furan rings is 1. The monoisotopic (exact) mass is 328 g/mol. The number of rotatable bonds is 6. The predicted octanol–water partition coefficient (Wildman–Crippen LogP) is 2.34. The molecule has 6 nitrogen and oxygen atoms in total. The van der Waals surface area contributed by atoms with Crippen molar-refractivity contribution >= 4 is 17.5 Å². The van der Waals surface area contributed by atoms with Crippen LogP contribution in [0.5, 0.6) is 0 Å². The molecule has 3 atom stereocenters. The molecule has 2 aromatic rings. The molecule has 0 spiro atoms. The molecule has 1 fully saturated rings. The average Bonchev–Trinajstić information content (AvgIpc) is 3.08. The highest BCUT2D eigenvalue weighted by Gasteiger charge is 2.39. The van der Waals surface area contributed by atoms with Gasteiger partial charge in [0.15, 0.2) is 0 Å². The lowest BCUT2D eigenvalue weighted by molar-refractivity contribution is -0.117. The Kier molecular flexibility index (Phi) is 4.66. The highest BCUT2D eigenvalue weighted by Crippen LogP contribution is 2.38. The van der Waals surface area contributed by atoms with Gasteiger partial charge in [-0.05, 0) is 42.7 Å². The summed E-state index contributed by atoms with van der Waals surface area (Å²) in [5.41, 5.74) is 1.02. The van der Waals surface area contributed by atoms with Crippen LogP contribution in [0.25, 0.3) is 0 Å². The lowest BCUT2D eigenvalue weighted by Crippen LogP contribution is -2.28. The lowest BCUT2D eigenvalue weighted by Gasteiger charge is -2.11. The number of hydrogen-bond donors (Lipinski definition) is 3. The molecule has 0 radical (unpaired) electrons. The minimum atomic E-state index is -0.900. The summed E-state index contributed by atoms with van der Waals surface area (Å²) in [5.74, 6) is 0.574. The fraction of sp³-hybridized carbons (Fsp3) is 0.333. The zero-order valence-electron chi connectivity index (χ0n) is 13.4. The van der Waals surface area contributed by atoms with E-state index in [0.29, 0.717) is 22.9 Å². The number of benzene rings is 1. The van der Waals surface area contributed by atoms with Crippen LogP contribution in [0.4, 0.5) is 5.69 Å². The molecule has 1 aliphatic rings. The van der Waals surface area contributed by atoms with Gasteiger partial charge in [0, 0.05) is 17.2 Å². The highest BCUT2D eigenvalue weighted by molar-refractivity contribution is 5.98. The molecule has 126 valence electrons. The second-order valence-corrected chi connectivity index (χ2v) is 6.13. The molecular weight excluding hydrogens is 308 g/mol. The van der Waals surface area contributed by atoms with E-state index in [2.05, 4.69) is 10.6 Å². The SMILES string of the molecule is CC1CC1C(=O)Nc1cccc(C(=O)NCC(O)c2ccco2)c1. The van der Waals surface area contributed by atoms with Crippen LogP contribution < -0.4 is 10.6 Å². The molecule has 1 aromatic heterocycles. The molecule has 3 N–H and O–H groups in total. The molecule has 0 saturated heterocycles. The number of anilines is 1. The second-order valence-electron chi connectivity index (χ2n) is 6.13. The first kappa shape index (κ1) is 16.3. The first-order valence-electron chi connectivity index (χ1n) is 7.95. The molecule has 1 heterocycles. The lowest BCUT2D eigenvalue weighted by atomic mass is 10.1. The summed E-state index contributed by atoms with van der Waals surface area (Å²) in [6, 6.07) is 10.1. The zero-order chi connectivity index (χ0) is 17.1. The predicted molar refractivity (Wildman–Crippen MR) is 88.3 cm³/mol. The van der Waals surface area contributed by atoms with Crippen LogP contribution in [0.3, 0.4) is 0 Å². The standard InChI is InChI=1S/C18H20N2O4/c1-11-8-14(11)18(23)20-13-5-2-4-12(9-13)17(22)19-10-15(21)16-6-3-7-24-16/h2-7,9,11,14-15,21H,8,10H2,1H3,(H,19,22)(H,20,23). The Morgan fingerprint density at radius 3 is 2.79 bits per heavy atom. The number of amides is 2. The molecule has 3 unspecified atom stereocenters. The number of nitrogens with one attached hydrogen (secondary N) is 2. The molecule has 1 aliphatic carbocycles. The molecule has 0 bridgehead atoms. The fourth-order valence-corrected chi connectivity index (χ4v) is 2.53. The molecule has 2 amide bonds. The molecule has 1 saturated carbocycles. The van der Waals surface area contributed by atoms with Crippen LogP contribution in [0.15, 0.2) is 47.1 Å². The summed E-state index contributed by atoms with van der Waals surface area (Å²) in [6.07, 6.45) is 1.48. The van der Waals surface area contributed by atoms with Crippen LogP contribution in [0.2, 0.25) is 0 Å². The van der Waals surface area contributed by atoms with Crippen LogP contribution in [-0.2, 0) is 4.79 Å². The van der Waals surface area contributed by atoms with Gasteiger partial charge in [-0.1, -0.05) is 13.0 Å². The normalized spacial score (nSPS) is 20.2. The quantitative estimate of drug-likeness (QED) is 0.759. The van der Waals surface area contributed by atoms with Crippen molar-refractivity contribution in [3.05, 3.63) is 54.0 Å². The molecule has 0 aliphatic heterocycles. The van der Waals surface area contributed by atoms with Crippen molar-refractivity contribution in [2.45, 2.75) is 19.4 Å². The number of aliphatic hydroxyl groups is 1. The second kappa shape index (κ2) is 6.88. The Hall–Kier alpha value is -2.60. The summed E-state index contributed by atoms with van der Waals surface area (Å²) in [5, 5.41) is 15.4. The van der Waals surface area contributed by atoms with E-state index >= 15 is 0 Å². The van der Waals surface area contributed by atoms with Gasteiger partial charge in [-0.25, -0.2) is 0 Å². The van der Waals surface area contributed by atoms with E-state index in [4.69, 9.17) is 4.42 Å². The summed E-state index contributed by atoms with van der Waals surface area (Å²) >= 11 is 0. The van der Waals surface area contributed by atoms with Gasteiger partial charge in [0.25, 0.3) is 5.91 Å². The van der Waals surface area contributed by atoms with Crippen LogP contribution in [-0.4, -0.2) is 23.5 Å². The van der Waals surface area contributed by atoms with E-state index in [-0.39, 0.29) is 24.3 Å². The molecule has 6 heteroatoms. The minimum absolute atomic E-state index is 0.00620. The molecule has 1 aromatic carbocycles. The van der Waals surface area contributed by atoms with Gasteiger partial charge in [0.2, 0.25) is 5.91 Å². The first-order valence-corrected chi connectivity index (χ1v) is 7.95. The number of aliphatic hydroxyl groups excluding tert-OH is 1. The van der Waals surface area contributed by atoms with E-state index in [1.165, 1.54) is 6.26 Å². The van der Waals surface area contributed by atoms with Crippen molar-refractivity contribution in [2.24, 2.45) is 11.8 Å². The summed E-state index contributed by atoms with van der Waals surface area (Å²) < 4.78 is 5.08. The Balaban J connectivity index is 1.56. The zero-order valence-corrected chi connectivity index (χ0v) is 13.4. The van der Waals surface area contributed by atoms with Gasteiger partial charge in [-0.2, -0.15) is 0 Å². The maximum atomic E-state index is 12.2. The Bertz CT molecular complexity index is 726. The average molecular weight is 328 g/mol. The van der Waals surface area contributed by atoms with E-state index < -0.39 is 6.10 Å². The van der Waals surface area contributed by atoms with E-state index in [1.54, 1.807) is 36.4 Å². The van der Waals surface area contributed by atoms with Gasteiger partial charge in [-0.15, -0.1) is 0 Å². The molecular formula is C18H20N2O4. The minimum Gasteiger partial charge on any atom is -0.467 e.